The standard InChI is InChI=1S/C22H20FN7OS/c1-3-10-32-20-19-25-8-9-30(19)11-14(26-20)17-27-16(24)15-18(28-17)29-21(31)22(15,2)12-4-6-13(23)7-5-12/h4-9,11H,3,10H2,1-2H3,(H3,24,27,28,29,31). The van der Waals surface area contributed by atoms with Gasteiger partial charge >= 0.3 is 0 Å². The lowest BCUT2D eigenvalue weighted by Crippen LogP contribution is -2.33. The van der Waals surface area contributed by atoms with Gasteiger partial charge in [0.1, 0.15) is 33.6 Å². The second kappa shape index (κ2) is 7.56. The third-order valence-corrected chi connectivity index (χ3v) is 6.72. The summed E-state index contributed by atoms with van der Waals surface area (Å²) in [5, 5.41) is 3.59. The van der Waals surface area contributed by atoms with Crippen LogP contribution in [0.5, 0.6) is 0 Å². The lowest BCUT2D eigenvalue weighted by atomic mass is 9.78. The van der Waals surface area contributed by atoms with Crippen molar-refractivity contribution in [3.05, 3.63) is 59.8 Å². The van der Waals surface area contributed by atoms with Crippen LogP contribution in [0.3, 0.4) is 0 Å². The number of carbonyl (C=O) groups excluding carboxylic acids is 1. The van der Waals surface area contributed by atoms with Crippen molar-refractivity contribution in [1.82, 2.24) is 24.3 Å². The van der Waals surface area contributed by atoms with Gasteiger partial charge < -0.3 is 15.5 Å². The van der Waals surface area contributed by atoms with E-state index in [0.29, 0.717) is 28.5 Å². The zero-order valence-electron chi connectivity index (χ0n) is 17.5. The van der Waals surface area contributed by atoms with Crippen LogP contribution in [0.25, 0.3) is 17.2 Å². The zero-order chi connectivity index (χ0) is 22.5. The van der Waals surface area contributed by atoms with Crippen LogP contribution >= 0.6 is 11.8 Å². The molecule has 0 saturated heterocycles. The van der Waals surface area contributed by atoms with Crippen molar-refractivity contribution in [1.29, 1.82) is 0 Å². The van der Waals surface area contributed by atoms with E-state index in [1.54, 1.807) is 43.2 Å². The van der Waals surface area contributed by atoms with Gasteiger partial charge in [0.2, 0.25) is 5.91 Å². The number of nitrogen functional groups attached to an aromatic ring is 1. The highest BCUT2D eigenvalue weighted by Crippen LogP contribution is 2.44. The van der Waals surface area contributed by atoms with E-state index >= 15 is 0 Å². The molecule has 8 nitrogen and oxygen atoms in total. The molecular weight excluding hydrogens is 429 g/mol. The van der Waals surface area contributed by atoms with E-state index in [-0.39, 0.29) is 17.5 Å². The van der Waals surface area contributed by atoms with Gasteiger partial charge in [-0.25, -0.2) is 24.3 Å². The Balaban J connectivity index is 1.63. The summed E-state index contributed by atoms with van der Waals surface area (Å²) in [6, 6.07) is 5.78. The molecule has 32 heavy (non-hydrogen) atoms. The highest BCUT2D eigenvalue weighted by atomic mass is 32.2. The predicted octanol–water partition coefficient (Wildman–Crippen LogP) is 3.67. The van der Waals surface area contributed by atoms with Gasteiger partial charge in [0.25, 0.3) is 0 Å². The molecule has 5 rings (SSSR count). The second-order valence-electron chi connectivity index (χ2n) is 7.68. The molecule has 1 aliphatic rings. The zero-order valence-corrected chi connectivity index (χ0v) is 18.3. The van der Waals surface area contributed by atoms with Gasteiger partial charge in [-0.3, -0.25) is 4.79 Å². The summed E-state index contributed by atoms with van der Waals surface area (Å²) < 4.78 is 15.3. The number of hydrogen-bond donors (Lipinski definition) is 2. The molecule has 0 spiro atoms. The van der Waals surface area contributed by atoms with E-state index in [9.17, 15) is 9.18 Å². The summed E-state index contributed by atoms with van der Waals surface area (Å²) in [6.45, 7) is 3.83. The van der Waals surface area contributed by atoms with Gasteiger partial charge in [0, 0.05) is 18.6 Å². The molecule has 1 amide bonds. The summed E-state index contributed by atoms with van der Waals surface area (Å²) in [5.41, 5.74) is 7.59. The first-order valence-corrected chi connectivity index (χ1v) is 11.1. The number of fused-ring (bicyclic) bond motifs is 2. The number of nitrogens with zero attached hydrogens (tertiary/aromatic N) is 5. The van der Waals surface area contributed by atoms with Crippen LogP contribution in [0, 0.1) is 5.82 Å². The molecule has 0 aliphatic carbocycles. The number of anilines is 2. The van der Waals surface area contributed by atoms with E-state index in [1.807, 2.05) is 10.6 Å². The number of nitrogens with one attached hydrogen (secondary N) is 1. The number of rotatable bonds is 5. The highest BCUT2D eigenvalue weighted by Gasteiger charge is 2.47. The van der Waals surface area contributed by atoms with E-state index < -0.39 is 5.41 Å². The average molecular weight is 450 g/mol. The van der Waals surface area contributed by atoms with Crippen LogP contribution < -0.4 is 11.1 Å². The maximum absolute atomic E-state index is 13.4. The van der Waals surface area contributed by atoms with Crippen molar-refractivity contribution in [2.45, 2.75) is 30.7 Å². The van der Waals surface area contributed by atoms with Crippen molar-refractivity contribution >= 4 is 35.0 Å². The molecule has 0 radical (unpaired) electrons. The van der Waals surface area contributed by atoms with Gasteiger partial charge in [-0.1, -0.05) is 19.1 Å². The third kappa shape index (κ3) is 3.10. The van der Waals surface area contributed by atoms with Crippen LogP contribution in [-0.2, 0) is 10.2 Å². The van der Waals surface area contributed by atoms with Gasteiger partial charge in [0.15, 0.2) is 11.5 Å². The third-order valence-electron chi connectivity index (χ3n) is 5.56. The number of hydrogen-bond acceptors (Lipinski definition) is 7. The van der Waals surface area contributed by atoms with Crippen LogP contribution in [0.1, 0.15) is 31.4 Å². The molecule has 0 bridgehead atoms. The minimum atomic E-state index is -1.13. The smallest absolute Gasteiger partial charge is 0.240 e. The quantitative estimate of drug-likeness (QED) is 0.447. The molecule has 1 aliphatic heterocycles. The molecule has 3 aromatic heterocycles. The number of benzene rings is 1. The fourth-order valence-corrected chi connectivity index (χ4v) is 4.73. The van der Waals surface area contributed by atoms with Gasteiger partial charge in [0.05, 0.1) is 5.56 Å². The Morgan fingerprint density at radius 3 is 2.75 bits per heavy atom. The van der Waals surface area contributed by atoms with Crippen molar-refractivity contribution in [3.63, 3.8) is 0 Å². The van der Waals surface area contributed by atoms with E-state index in [4.69, 9.17) is 10.7 Å². The number of aromatic nitrogens is 5. The van der Waals surface area contributed by atoms with Gasteiger partial charge in [-0.05, 0) is 36.8 Å². The highest BCUT2D eigenvalue weighted by molar-refractivity contribution is 7.99. The number of halogens is 1. The minimum absolute atomic E-state index is 0.172. The SMILES string of the molecule is CCCSc1nc(-c2nc(N)c3c(n2)NC(=O)C3(C)c2ccc(F)cc2)cn2ccnc12. The normalized spacial score (nSPS) is 17.5. The molecule has 1 atom stereocenters. The number of thioether (sulfide) groups is 1. The van der Waals surface area contributed by atoms with Crippen molar-refractivity contribution in [2.24, 2.45) is 0 Å². The summed E-state index contributed by atoms with van der Waals surface area (Å²) in [6.07, 6.45) is 6.33. The Labute approximate surface area is 187 Å². The molecule has 0 fully saturated rings. The van der Waals surface area contributed by atoms with Crippen LogP contribution in [-0.4, -0.2) is 36.0 Å². The van der Waals surface area contributed by atoms with E-state index in [2.05, 4.69) is 27.2 Å². The maximum Gasteiger partial charge on any atom is 0.240 e. The molecule has 10 heteroatoms. The predicted molar refractivity (Wildman–Crippen MR) is 121 cm³/mol. The fraction of sp³-hybridized carbons (Fsp3) is 0.227. The Hall–Kier alpha value is -3.53. The van der Waals surface area contributed by atoms with Gasteiger partial charge in [-0.15, -0.1) is 11.8 Å². The maximum atomic E-state index is 13.4. The van der Waals surface area contributed by atoms with E-state index in [1.165, 1.54) is 12.1 Å². The average Bonchev–Trinajstić information content (AvgIpc) is 3.35. The Kier molecular flexibility index (Phi) is 4.81. The monoisotopic (exact) mass is 449 g/mol. The Morgan fingerprint density at radius 2 is 2.00 bits per heavy atom. The Bertz CT molecular complexity index is 1350. The molecule has 162 valence electrons. The molecular formula is C22H20FN7OS. The second-order valence-corrected chi connectivity index (χ2v) is 8.76. The molecule has 1 unspecified atom stereocenters. The summed E-state index contributed by atoms with van der Waals surface area (Å²) in [7, 11) is 0. The summed E-state index contributed by atoms with van der Waals surface area (Å²) in [5.74, 6) is 1.03. The first-order chi connectivity index (χ1) is 15.4. The minimum Gasteiger partial charge on any atom is -0.383 e. The molecule has 0 saturated carbocycles. The van der Waals surface area contributed by atoms with Crippen molar-refractivity contribution in [3.8, 4) is 11.5 Å². The van der Waals surface area contributed by atoms with Crippen LogP contribution in [0.2, 0.25) is 0 Å². The van der Waals surface area contributed by atoms with Crippen LogP contribution in [0.15, 0.2) is 47.9 Å². The summed E-state index contributed by atoms with van der Waals surface area (Å²) >= 11 is 1.61. The number of nitrogens with two attached hydrogens (primary N) is 1. The van der Waals surface area contributed by atoms with Crippen molar-refractivity contribution < 1.29 is 9.18 Å². The molecule has 4 aromatic rings. The molecule has 1 aromatic carbocycles. The summed E-state index contributed by atoms with van der Waals surface area (Å²) in [4.78, 5) is 31.2. The van der Waals surface area contributed by atoms with E-state index in [0.717, 1.165) is 22.8 Å². The molecule has 3 N–H and O–H groups in total. The topological polar surface area (TPSA) is 111 Å². The first kappa shape index (κ1) is 20.4. The lowest BCUT2D eigenvalue weighted by Gasteiger charge is -2.23. The number of carbonyl (C=O) groups is 1. The first-order valence-electron chi connectivity index (χ1n) is 10.1. The fourth-order valence-electron chi connectivity index (χ4n) is 3.89. The molecule has 4 heterocycles. The van der Waals surface area contributed by atoms with Gasteiger partial charge in [-0.2, -0.15) is 0 Å². The number of imidazole rings is 1. The lowest BCUT2D eigenvalue weighted by molar-refractivity contribution is -0.119. The number of amides is 1. The largest absolute Gasteiger partial charge is 0.383 e. The van der Waals surface area contributed by atoms with Crippen molar-refractivity contribution in [2.75, 3.05) is 16.8 Å². The van der Waals surface area contributed by atoms with Crippen LogP contribution in [0.4, 0.5) is 16.0 Å². The Morgan fingerprint density at radius 1 is 1.22 bits per heavy atom.